The molecule has 0 aliphatic carbocycles. The molecule has 8 heteroatoms. The summed E-state index contributed by atoms with van der Waals surface area (Å²) in [5.74, 6) is 3.02. The van der Waals surface area contributed by atoms with Gasteiger partial charge in [0.2, 0.25) is 0 Å². The van der Waals surface area contributed by atoms with Crippen molar-refractivity contribution < 1.29 is 9.47 Å². The van der Waals surface area contributed by atoms with Crippen molar-refractivity contribution in [3.63, 3.8) is 0 Å². The largest absolute Gasteiger partial charge is 0.497 e. The lowest BCUT2D eigenvalue weighted by Crippen LogP contribution is -2.48. The van der Waals surface area contributed by atoms with Gasteiger partial charge < -0.3 is 14.4 Å². The Bertz CT molecular complexity index is 1010. The van der Waals surface area contributed by atoms with Crippen LogP contribution in [0.3, 0.4) is 0 Å². The molecule has 0 spiro atoms. The van der Waals surface area contributed by atoms with Gasteiger partial charge in [0.15, 0.2) is 5.82 Å². The van der Waals surface area contributed by atoms with Gasteiger partial charge in [0, 0.05) is 44.0 Å². The van der Waals surface area contributed by atoms with E-state index in [2.05, 4.69) is 75.6 Å². The van der Waals surface area contributed by atoms with Crippen molar-refractivity contribution in [2.45, 2.75) is 32.9 Å². The second-order valence-corrected chi connectivity index (χ2v) is 8.81. The van der Waals surface area contributed by atoms with Crippen molar-refractivity contribution in [2.75, 3.05) is 45.3 Å². The standard InChI is InChI=1S/C25H34N6O2/c1-19(2)12-13-31-25(26-27-28-31)24(22-18-21(32-3)10-11-23(22)33-4)30-16-14-29(15-17-30)20-8-6-5-7-9-20/h5-11,18-19,24H,12-17H2,1-4H3. The molecule has 1 aromatic heterocycles. The molecule has 4 rings (SSSR count). The van der Waals surface area contributed by atoms with Gasteiger partial charge in [0.25, 0.3) is 0 Å². The summed E-state index contributed by atoms with van der Waals surface area (Å²) in [7, 11) is 3.39. The number of piperazine rings is 1. The van der Waals surface area contributed by atoms with Gasteiger partial charge in [-0.2, -0.15) is 0 Å². The van der Waals surface area contributed by atoms with Gasteiger partial charge in [0.1, 0.15) is 17.5 Å². The van der Waals surface area contributed by atoms with E-state index in [9.17, 15) is 0 Å². The Hall–Kier alpha value is -3.13. The zero-order valence-electron chi connectivity index (χ0n) is 20.0. The van der Waals surface area contributed by atoms with E-state index in [1.807, 2.05) is 16.8 Å². The van der Waals surface area contributed by atoms with E-state index in [0.717, 1.165) is 62.0 Å². The quantitative estimate of drug-likeness (QED) is 0.493. The van der Waals surface area contributed by atoms with Crippen molar-refractivity contribution in [1.29, 1.82) is 0 Å². The highest BCUT2D eigenvalue weighted by atomic mass is 16.5. The Morgan fingerprint density at radius 2 is 1.70 bits per heavy atom. The van der Waals surface area contributed by atoms with Crippen LogP contribution in [0.5, 0.6) is 11.5 Å². The first-order valence-electron chi connectivity index (χ1n) is 11.6. The third kappa shape index (κ3) is 5.27. The molecule has 1 aliphatic heterocycles. The zero-order valence-corrected chi connectivity index (χ0v) is 20.0. The van der Waals surface area contributed by atoms with Crippen LogP contribution in [-0.2, 0) is 6.54 Å². The average Bonchev–Trinajstić information content (AvgIpc) is 3.32. The van der Waals surface area contributed by atoms with Crippen molar-refractivity contribution in [2.24, 2.45) is 5.92 Å². The van der Waals surface area contributed by atoms with Crippen LogP contribution in [0.2, 0.25) is 0 Å². The molecule has 1 fully saturated rings. The highest BCUT2D eigenvalue weighted by Crippen LogP contribution is 2.37. The van der Waals surface area contributed by atoms with E-state index in [0.29, 0.717) is 5.92 Å². The van der Waals surface area contributed by atoms with Crippen molar-refractivity contribution in [3.8, 4) is 11.5 Å². The summed E-state index contributed by atoms with van der Waals surface area (Å²) < 4.78 is 13.3. The van der Waals surface area contributed by atoms with E-state index in [4.69, 9.17) is 9.47 Å². The number of methoxy groups -OCH3 is 2. The smallest absolute Gasteiger partial charge is 0.173 e. The number of tetrazole rings is 1. The van der Waals surface area contributed by atoms with Crippen LogP contribution in [0.1, 0.15) is 37.7 Å². The summed E-state index contributed by atoms with van der Waals surface area (Å²) >= 11 is 0. The molecule has 1 saturated heterocycles. The maximum Gasteiger partial charge on any atom is 0.173 e. The van der Waals surface area contributed by atoms with Gasteiger partial charge in [-0.25, -0.2) is 4.68 Å². The molecule has 1 atom stereocenters. The second kappa shape index (κ2) is 10.7. The number of rotatable bonds is 9. The first kappa shape index (κ1) is 23.0. The molecule has 3 aromatic rings. The molecule has 176 valence electrons. The first-order chi connectivity index (χ1) is 16.1. The van der Waals surface area contributed by atoms with Crippen LogP contribution in [-0.4, -0.2) is 65.5 Å². The summed E-state index contributed by atoms with van der Waals surface area (Å²) in [5.41, 5.74) is 2.28. The number of aryl methyl sites for hydroxylation is 1. The van der Waals surface area contributed by atoms with Gasteiger partial charge in [-0.3, -0.25) is 4.90 Å². The average molecular weight is 451 g/mol. The first-order valence-corrected chi connectivity index (χ1v) is 11.6. The van der Waals surface area contributed by atoms with Crippen molar-refractivity contribution in [1.82, 2.24) is 25.1 Å². The van der Waals surface area contributed by atoms with E-state index >= 15 is 0 Å². The van der Waals surface area contributed by atoms with Crippen LogP contribution in [0.15, 0.2) is 48.5 Å². The van der Waals surface area contributed by atoms with E-state index in [1.165, 1.54) is 5.69 Å². The van der Waals surface area contributed by atoms with Crippen LogP contribution < -0.4 is 14.4 Å². The molecular weight excluding hydrogens is 416 g/mol. The number of para-hydroxylation sites is 1. The van der Waals surface area contributed by atoms with Gasteiger partial charge in [-0.1, -0.05) is 32.0 Å². The highest BCUT2D eigenvalue weighted by Gasteiger charge is 2.33. The van der Waals surface area contributed by atoms with Gasteiger partial charge >= 0.3 is 0 Å². The Morgan fingerprint density at radius 1 is 0.939 bits per heavy atom. The molecule has 8 nitrogen and oxygen atoms in total. The van der Waals surface area contributed by atoms with Crippen LogP contribution in [0.25, 0.3) is 0 Å². The molecule has 1 unspecified atom stereocenters. The number of hydrogen-bond acceptors (Lipinski definition) is 7. The summed E-state index contributed by atoms with van der Waals surface area (Å²) in [6.45, 7) is 8.85. The molecular formula is C25H34N6O2. The third-order valence-corrected chi connectivity index (χ3v) is 6.25. The monoisotopic (exact) mass is 450 g/mol. The fraction of sp³-hybridized carbons (Fsp3) is 0.480. The number of ether oxygens (including phenoxy) is 2. The van der Waals surface area contributed by atoms with E-state index in [-0.39, 0.29) is 6.04 Å². The van der Waals surface area contributed by atoms with Crippen LogP contribution >= 0.6 is 0 Å². The number of nitrogens with zero attached hydrogens (tertiary/aromatic N) is 6. The van der Waals surface area contributed by atoms with E-state index < -0.39 is 0 Å². The molecule has 33 heavy (non-hydrogen) atoms. The Labute approximate surface area is 196 Å². The SMILES string of the molecule is COc1ccc(OC)c(C(c2nnnn2CCC(C)C)N2CCN(c3ccccc3)CC2)c1. The molecule has 0 amide bonds. The van der Waals surface area contributed by atoms with Gasteiger partial charge in [-0.05, 0) is 53.1 Å². The molecule has 0 saturated carbocycles. The molecule has 0 bridgehead atoms. The predicted molar refractivity (Wildman–Crippen MR) is 129 cm³/mol. The number of benzene rings is 2. The Morgan fingerprint density at radius 3 is 2.36 bits per heavy atom. The molecule has 0 N–H and O–H groups in total. The minimum absolute atomic E-state index is 0.130. The minimum atomic E-state index is -0.130. The molecule has 2 aromatic carbocycles. The maximum atomic E-state index is 5.77. The minimum Gasteiger partial charge on any atom is -0.497 e. The highest BCUT2D eigenvalue weighted by molar-refractivity contribution is 5.47. The second-order valence-electron chi connectivity index (χ2n) is 8.81. The lowest BCUT2D eigenvalue weighted by Gasteiger charge is -2.40. The number of aromatic nitrogens is 4. The Balaban J connectivity index is 1.67. The topological polar surface area (TPSA) is 68.5 Å². The van der Waals surface area contributed by atoms with Crippen LogP contribution in [0.4, 0.5) is 5.69 Å². The third-order valence-electron chi connectivity index (χ3n) is 6.25. The number of anilines is 1. The Kier molecular flexibility index (Phi) is 7.44. The fourth-order valence-electron chi connectivity index (χ4n) is 4.38. The fourth-order valence-corrected chi connectivity index (χ4v) is 4.38. The van der Waals surface area contributed by atoms with Gasteiger partial charge in [-0.15, -0.1) is 5.10 Å². The normalized spacial score (nSPS) is 15.6. The van der Waals surface area contributed by atoms with Gasteiger partial charge in [0.05, 0.1) is 14.2 Å². The summed E-state index contributed by atoms with van der Waals surface area (Å²) in [6, 6.07) is 16.4. The lowest BCUT2D eigenvalue weighted by molar-refractivity contribution is 0.196. The number of hydrogen-bond donors (Lipinski definition) is 0. The molecule has 0 radical (unpaired) electrons. The van der Waals surface area contributed by atoms with Crippen molar-refractivity contribution in [3.05, 3.63) is 59.9 Å². The summed E-state index contributed by atoms with van der Waals surface area (Å²) in [5, 5.41) is 12.9. The maximum absolute atomic E-state index is 5.77. The van der Waals surface area contributed by atoms with Crippen molar-refractivity contribution >= 4 is 5.69 Å². The summed E-state index contributed by atoms with van der Waals surface area (Å²) in [4.78, 5) is 4.88. The molecule has 1 aliphatic rings. The van der Waals surface area contributed by atoms with Crippen LogP contribution in [0, 0.1) is 5.92 Å². The lowest BCUT2D eigenvalue weighted by atomic mass is 10.0. The zero-order chi connectivity index (χ0) is 23.2. The predicted octanol–water partition coefficient (Wildman–Crippen LogP) is 3.65. The summed E-state index contributed by atoms with van der Waals surface area (Å²) in [6.07, 6.45) is 1.02. The van der Waals surface area contributed by atoms with E-state index in [1.54, 1.807) is 14.2 Å². The molecule has 2 heterocycles.